The van der Waals surface area contributed by atoms with Gasteiger partial charge in [-0.25, -0.2) is 0 Å². The van der Waals surface area contributed by atoms with Crippen molar-refractivity contribution in [2.24, 2.45) is 5.14 Å². The van der Waals surface area contributed by atoms with Crippen molar-refractivity contribution in [1.29, 1.82) is 0 Å². The summed E-state index contributed by atoms with van der Waals surface area (Å²) in [5.41, 5.74) is 3.13. The highest BCUT2D eigenvalue weighted by Crippen LogP contribution is 2.36. The van der Waals surface area contributed by atoms with Gasteiger partial charge in [0.1, 0.15) is 0 Å². The van der Waals surface area contributed by atoms with Gasteiger partial charge in [-0.2, -0.15) is 0 Å². The topological polar surface area (TPSA) is 84.6 Å². The second kappa shape index (κ2) is 6.58. The molecule has 0 radical (unpaired) electrons. The van der Waals surface area contributed by atoms with Crippen LogP contribution >= 0.6 is 0 Å². The minimum Gasteiger partial charge on any atom is -0.760 e. The average Bonchev–Trinajstić information content (AvgIpc) is 2.51. The van der Waals surface area contributed by atoms with Gasteiger partial charge in [-0.15, -0.1) is 0 Å². The van der Waals surface area contributed by atoms with Crippen LogP contribution in [0.15, 0.2) is 18.2 Å². The molecule has 2 N–H and O–H groups in total. The normalized spacial score (nSPS) is 20.7. The lowest BCUT2D eigenvalue weighted by Crippen LogP contribution is -2.41. The summed E-state index contributed by atoms with van der Waals surface area (Å²) in [4.78, 5) is 0. The van der Waals surface area contributed by atoms with Crippen molar-refractivity contribution in [3.63, 3.8) is 0 Å². The molecule has 118 valence electrons. The fraction of sp³-hybridized carbons (Fsp3) is 0.571. The molecule has 1 heterocycles. The zero-order chi connectivity index (χ0) is 16.4. The molecule has 2 rings (SSSR count). The molecular formula is C14H23BNO4S-. The van der Waals surface area contributed by atoms with E-state index in [1.54, 1.807) is 0 Å². The maximum absolute atomic E-state index is 8.78. The molecule has 5 nitrogen and oxygen atoms in total. The van der Waals surface area contributed by atoms with Gasteiger partial charge in [-0.05, 0) is 58.1 Å². The maximum atomic E-state index is 8.78. The van der Waals surface area contributed by atoms with Crippen molar-refractivity contribution >= 4 is 23.8 Å². The van der Waals surface area contributed by atoms with Crippen molar-refractivity contribution in [2.75, 3.05) is 0 Å². The van der Waals surface area contributed by atoms with Crippen LogP contribution in [0.1, 0.15) is 38.8 Å². The Kier molecular flexibility index (Phi) is 5.74. The van der Waals surface area contributed by atoms with Gasteiger partial charge in [0, 0.05) is 11.3 Å². The Balaban J connectivity index is 0.000000491. The highest BCUT2D eigenvalue weighted by molar-refractivity contribution is 7.76. The summed E-state index contributed by atoms with van der Waals surface area (Å²) in [6, 6.07) is 6.26. The predicted molar refractivity (Wildman–Crippen MR) is 84.7 cm³/mol. The second-order valence-corrected chi connectivity index (χ2v) is 6.66. The van der Waals surface area contributed by atoms with Crippen LogP contribution in [0.4, 0.5) is 0 Å². The zero-order valence-corrected chi connectivity index (χ0v) is 14.2. The van der Waals surface area contributed by atoms with E-state index in [9.17, 15) is 0 Å². The molecule has 1 aliphatic rings. The highest BCUT2D eigenvalue weighted by Gasteiger charge is 2.52. The van der Waals surface area contributed by atoms with E-state index in [0.29, 0.717) is 0 Å². The van der Waals surface area contributed by atoms with Gasteiger partial charge < -0.3 is 13.9 Å². The summed E-state index contributed by atoms with van der Waals surface area (Å²) in [6.07, 6.45) is 0. The van der Waals surface area contributed by atoms with E-state index in [0.717, 1.165) is 5.46 Å². The van der Waals surface area contributed by atoms with Crippen LogP contribution in [0.25, 0.3) is 0 Å². The molecule has 1 aromatic rings. The molecule has 1 aliphatic heterocycles. The fourth-order valence-electron chi connectivity index (χ4n) is 2.00. The SMILES string of the molecule is Cc1cccc(B2OC(C)(C)C(C)(C)O2)c1C.NS(=O)[O-]. The van der Waals surface area contributed by atoms with Crippen molar-refractivity contribution in [3.05, 3.63) is 29.3 Å². The molecule has 0 aromatic heterocycles. The molecule has 1 aromatic carbocycles. The Morgan fingerprint density at radius 3 is 2.00 bits per heavy atom. The van der Waals surface area contributed by atoms with E-state index in [4.69, 9.17) is 18.1 Å². The van der Waals surface area contributed by atoms with Gasteiger partial charge in [-0.1, -0.05) is 18.2 Å². The molecular weight excluding hydrogens is 289 g/mol. The minimum absolute atomic E-state index is 0.250. The number of nitrogens with two attached hydrogens (primary N) is 1. The Labute approximate surface area is 129 Å². The molecule has 1 saturated heterocycles. The third-order valence-corrected chi connectivity index (χ3v) is 4.15. The molecule has 1 fully saturated rings. The predicted octanol–water partition coefficient (Wildman–Crippen LogP) is 1.34. The molecule has 0 saturated carbocycles. The summed E-state index contributed by atoms with van der Waals surface area (Å²) in [6.45, 7) is 12.6. The van der Waals surface area contributed by atoms with Crippen molar-refractivity contribution < 1.29 is 18.1 Å². The largest absolute Gasteiger partial charge is 0.760 e. The molecule has 0 spiro atoms. The fourth-order valence-corrected chi connectivity index (χ4v) is 2.00. The van der Waals surface area contributed by atoms with E-state index < -0.39 is 11.3 Å². The van der Waals surface area contributed by atoms with Gasteiger partial charge in [0.2, 0.25) is 0 Å². The lowest BCUT2D eigenvalue weighted by molar-refractivity contribution is 0.00578. The third kappa shape index (κ3) is 4.37. The molecule has 0 bridgehead atoms. The maximum Gasteiger partial charge on any atom is 0.495 e. The van der Waals surface area contributed by atoms with E-state index in [1.807, 2.05) is 0 Å². The van der Waals surface area contributed by atoms with Crippen LogP contribution in [0.5, 0.6) is 0 Å². The first-order valence-electron chi connectivity index (χ1n) is 6.73. The first kappa shape index (κ1) is 18.3. The standard InChI is InChI=1S/C14H21BO2.H3NO2S/c1-10-8-7-9-12(11(10)2)15-16-13(3,4)14(5,6)17-15;1-4(2)3/h7-9H,1-6H3;1H2,(H,2,3)/p-1. The minimum atomic E-state index is -2.36. The Bertz CT molecular complexity index is 514. The van der Waals surface area contributed by atoms with Crippen LogP contribution in [-0.2, 0) is 20.6 Å². The Morgan fingerprint density at radius 2 is 1.57 bits per heavy atom. The summed E-state index contributed by atoms with van der Waals surface area (Å²) in [7, 11) is -0.250. The Morgan fingerprint density at radius 1 is 1.14 bits per heavy atom. The van der Waals surface area contributed by atoms with Crippen LogP contribution in [0.3, 0.4) is 0 Å². The van der Waals surface area contributed by atoms with Crippen LogP contribution in [-0.4, -0.2) is 27.1 Å². The molecule has 0 amide bonds. The van der Waals surface area contributed by atoms with Gasteiger partial charge in [0.15, 0.2) is 0 Å². The van der Waals surface area contributed by atoms with E-state index in [2.05, 4.69) is 64.9 Å². The summed E-state index contributed by atoms with van der Waals surface area (Å²) < 4.78 is 29.7. The van der Waals surface area contributed by atoms with Crippen molar-refractivity contribution in [1.82, 2.24) is 0 Å². The summed E-state index contributed by atoms with van der Waals surface area (Å²) >= 11 is -2.36. The molecule has 0 aliphatic carbocycles. The summed E-state index contributed by atoms with van der Waals surface area (Å²) in [5, 5.41) is 4.03. The van der Waals surface area contributed by atoms with Crippen LogP contribution in [0.2, 0.25) is 0 Å². The van der Waals surface area contributed by atoms with Crippen LogP contribution in [0, 0.1) is 13.8 Å². The second-order valence-electron chi connectivity index (χ2n) is 6.14. The van der Waals surface area contributed by atoms with Gasteiger partial charge in [-0.3, -0.25) is 9.35 Å². The van der Waals surface area contributed by atoms with Gasteiger partial charge >= 0.3 is 7.12 Å². The zero-order valence-electron chi connectivity index (χ0n) is 13.4. The number of rotatable bonds is 1. The highest BCUT2D eigenvalue weighted by atomic mass is 32.2. The lowest BCUT2D eigenvalue weighted by Gasteiger charge is -2.32. The Hall–Kier alpha value is -0.725. The number of benzene rings is 1. The summed E-state index contributed by atoms with van der Waals surface area (Å²) in [5.74, 6) is 0. The van der Waals surface area contributed by atoms with Crippen LogP contribution < -0.4 is 10.6 Å². The average molecular weight is 312 g/mol. The van der Waals surface area contributed by atoms with Crippen molar-refractivity contribution in [2.45, 2.75) is 52.7 Å². The molecule has 1 atom stereocenters. The van der Waals surface area contributed by atoms with E-state index >= 15 is 0 Å². The molecule has 7 heteroatoms. The first-order chi connectivity index (χ1) is 9.48. The van der Waals surface area contributed by atoms with E-state index in [1.165, 1.54) is 11.1 Å². The third-order valence-electron chi connectivity index (χ3n) is 4.15. The van der Waals surface area contributed by atoms with Crippen molar-refractivity contribution in [3.8, 4) is 0 Å². The molecule has 1 unspecified atom stereocenters. The van der Waals surface area contributed by atoms with Gasteiger partial charge in [0.05, 0.1) is 11.2 Å². The van der Waals surface area contributed by atoms with E-state index in [-0.39, 0.29) is 18.3 Å². The van der Waals surface area contributed by atoms with Gasteiger partial charge in [0.25, 0.3) is 0 Å². The number of aryl methyl sites for hydroxylation is 1. The lowest BCUT2D eigenvalue weighted by atomic mass is 9.75. The smallest absolute Gasteiger partial charge is 0.495 e. The quantitative estimate of drug-likeness (QED) is 0.626. The first-order valence-corrected chi connectivity index (χ1v) is 7.87. The number of hydrogen-bond acceptors (Lipinski definition) is 4. The number of hydrogen-bond donors (Lipinski definition) is 1. The monoisotopic (exact) mass is 312 g/mol. The molecule has 21 heavy (non-hydrogen) atoms.